The van der Waals surface area contributed by atoms with Gasteiger partial charge in [-0.15, -0.1) is 0 Å². The normalized spacial score (nSPS) is 13.6. The molecule has 1 fully saturated rings. The van der Waals surface area contributed by atoms with E-state index in [2.05, 4.69) is 35.4 Å². The molecule has 1 amide bonds. The highest BCUT2D eigenvalue weighted by Crippen LogP contribution is 2.34. The Morgan fingerprint density at radius 2 is 1.69 bits per heavy atom. The molecule has 1 heterocycles. The van der Waals surface area contributed by atoms with Crippen molar-refractivity contribution in [1.29, 1.82) is 0 Å². The molecule has 7 nitrogen and oxygen atoms in total. The van der Waals surface area contributed by atoms with Crippen LogP contribution in [0.4, 0.5) is 0 Å². The summed E-state index contributed by atoms with van der Waals surface area (Å²) in [4.78, 5) is 24.8. The number of primary amides is 1. The number of halogens is 1. The van der Waals surface area contributed by atoms with Gasteiger partial charge in [-0.1, -0.05) is 66.8 Å². The van der Waals surface area contributed by atoms with Gasteiger partial charge in [0, 0.05) is 28.4 Å². The van der Waals surface area contributed by atoms with Crippen molar-refractivity contribution in [1.82, 2.24) is 9.55 Å². The summed E-state index contributed by atoms with van der Waals surface area (Å²) in [6.45, 7) is 4.12. The second-order valence-electron chi connectivity index (χ2n) is 10.4. The van der Waals surface area contributed by atoms with Gasteiger partial charge in [0.1, 0.15) is 18.2 Å². The van der Waals surface area contributed by atoms with Crippen molar-refractivity contribution < 1.29 is 19.4 Å². The number of benzene rings is 3. The third-order valence-corrected chi connectivity index (χ3v) is 7.60. The quantitative estimate of drug-likeness (QED) is 0.162. The number of aliphatic carboxylic acids is 1. The fourth-order valence-corrected chi connectivity index (χ4v) is 5.36. The SMILES string of the molecule is C/C(=C\c1cn(C2CCCCC2)c(-c2ccc(OCc3cc(C)ccc3-c3ccc(Cl)cc3)cc2)n1)C(=O)O.NC=O. The van der Waals surface area contributed by atoms with Gasteiger partial charge in [0.15, 0.2) is 0 Å². The first kappa shape index (κ1) is 30.6. The zero-order valence-corrected chi connectivity index (χ0v) is 24.7. The average molecular weight is 586 g/mol. The van der Waals surface area contributed by atoms with Crippen molar-refractivity contribution in [2.75, 3.05) is 0 Å². The molecule has 5 rings (SSSR count). The topological polar surface area (TPSA) is 107 Å². The van der Waals surface area contributed by atoms with Crippen LogP contribution in [0.15, 0.2) is 78.5 Å². The Morgan fingerprint density at radius 3 is 2.33 bits per heavy atom. The molecule has 3 N–H and O–H groups in total. The second-order valence-corrected chi connectivity index (χ2v) is 10.9. The van der Waals surface area contributed by atoms with Gasteiger partial charge < -0.3 is 20.1 Å². The number of nitrogens with two attached hydrogens (primary N) is 1. The molecule has 1 saturated carbocycles. The number of aromatic nitrogens is 2. The first-order chi connectivity index (χ1) is 20.3. The maximum atomic E-state index is 11.4. The molecular formula is C34H36ClN3O4. The average Bonchev–Trinajstić information content (AvgIpc) is 3.41. The fraction of sp³-hybridized carbons (Fsp3) is 0.265. The molecule has 3 aromatic carbocycles. The number of carbonyl (C=O) groups excluding carboxylic acids is 1. The second kappa shape index (κ2) is 14.5. The number of hydrogen-bond acceptors (Lipinski definition) is 4. The molecule has 0 spiro atoms. The maximum Gasteiger partial charge on any atom is 0.331 e. The summed E-state index contributed by atoms with van der Waals surface area (Å²) in [5, 5.41) is 10.1. The highest BCUT2D eigenvalue weighted by atomic mass is 35.5. The van der Waals surface area contributed by atoms with Crippen molar-refractivity contribution in [3.05, 3.63) is 100 Å². The first-order valence-corrected chi connectivity index (χ1v) is 14.4. The number of imidazole rings is 1. The zero-order valence-electron chi connectivity index (χ0n) is 23.9. The van der Waals surface area contributed by atoms with Gasteiger partial charge in [0.2, 0.25) is 6.41 Å². The van der Waals surface area contributed by atoms with Crippen LogP contribution in [0.1, 0.15) is 61.9 Å². The van der Waals surface area contributed by atoms with Crippen LogP contribution in [-0.4, -0.2) is 27.0 Å². The van der Waals surface area contributed by atoms with Crippen molar-refractivity contribution >= 4 is 30.1 Å². The van der Waals surface area contributed by atoms with Crippen LogP contribution in [0.25, 0.3) is 28.6 Å². The lowest BCUT2D eigenvalue weighted by Gasteiger charge is -2.24. The third-order valence-electron chi connectivity index (χ3n) is 7.34. The van der Waals surface area contributed by atoms with Gasteiger partial charge in [0.05, 0.1) is 5.69 Å². The van der Waals surface area contributed by atoms with E-state index in [1.54, 1.807) is 13.0 Å². The predicted octanol–water partition coefficient (Wildman–Crippen LogP) is 7.85. The van der Waals surface area contributed by atoms with E-state index in [1.807, 2.05) is 54.7 Å². The summed E-state index contributed by atoms with van der Waals surface area (Å²) < 4.78 is 8.46. The van der Waals surface area contributed by atoms with Crippen LogP contribution >= 0.6 is 11.6 Å². The molecule has 4 aromatic rings. The lowest BCUT2D eigenvalue weighted by Crippen LogP contribution is -2.13. The largest absolute Gasteiger partial charge is 0.489 e. The van der Waals surface area contributed by atoms with E-state index in [4.69, 9.17) is 26.1 Å². The summed E-state index contributed by atoms with van der Waals surface area (Å²) in [6, 6.07) is 22.7. The molecule has 0 bridgehead atoms. The Kier molecular flexibility index (Phi) is 10.6. The minimum Gasteiger partial charge on any atom is -0.489 e. The van der Waals surface area contributed by atoms with Gasteiger partial charge in [-0.3, -0.25) is 4.79 Å². The third kappa shape index (κ3) is 7.89. The van der Waals surface area contributed by atoms with E-state index in [0.29, 0.717) is 23.4 Å². The van der Waals surface area contributed by atoms with Gasteiger partial charge in [0.25, 0.3) is 0 Å². The summed E-state index contributed by atoms with van der Waals surface area (Å²) in [6.07, 6.45) is 9.77. The number of carboxylic acid groups (broad SMARTS) is 1. The summed E-state index contributed by atoms with van der Waals surface area (Å²) in [7, 11) is 0. The van der Waals surface area contributed by atoms with Gasteiger partial charge in [-0.25, -0.2) is 9.78 Å². The Balaban J connectivity index is 0.00000129. The summed E-state index contributed by atoms with van der Waals surface area (Å²) in [5.41, 5.74) is 10.6. The molecule has 42 heavy (non-hydrogen) atoms. The van der Waals surface area contributed by atoms with E-state index in [-0.39, 0.29) is 12.0 Å². The Morgan fingerprint density at radius 1 is 1.05 bits per heavy atom. The van der Waals surface area contributed by atoms with Crippen LogP contribution in [0.5, 0.6) is 5.75 Å². The fourth-order valence-electron chi connectivity index (χ4n) is 5.23. The first-order valence-electron chi connectivity index (χ1n) is 14.0. The van der Waals surface area contributed by atoms with Crippen molar-refractivity contribution in [3.63, 3.8) is 0 Å². The number of ether oxygens (including phenoxy) is 1. The minimum atomic E-state index is -0.932. The number of carboxylic acids is 1. The van der Waals surface area contributed by atoms with Crippen molar-refractivity contribution in [2.45, 2.75) is 58.6 Å². The standard InChI is InChI=1S/C33H33ClN2O3.CH3NO/c1-22-8-17-31(24-9-13-27(34)14-10-24)26(18-22)21-39-30-15-11-25(12-16-30)32-35-28(19-23(2)33(37)38)20-36(32)29-6-4-3-5-7-29;2-1-3/h8-20,29H,3-7,21H2,1-2H3,(H,37,38);1H,(H2,2,3)/b23-19+;. The van der Waals surface area contributed by atoms with E-state index >= 15 is 0 Å². The van der Waals surface area contributed by atoms with Gasteiger partial charge >= 0.3 is 5.97 Å². The zero-order chi connectivity index (χ0) is 30.1. The molecule has 8 heteroatoms. The predicted molar refractivity (Wildman–Crippen MR) is 167 cm³/mol. The Hall–Kier alpha value is -4.36. The van der Waals surface area contributed by atoms with Crippen molar-refractivity contribution in [3.8, 4) is 28.3 Å². The van der Waals surface area contributed by atoms with Crippen LogP contribution in [0.3, 0.4) is 0 Å². The smallest absolute Gasteiger partial charge is 0.331 e. The summed E-state index contributed by atoms with van der Waals surface area (Å²) in [5.74, 6) is 0.708. The number of aryl methyl sites for hydroxylation is 1. The Bertz CT molecular complexity index is 1540. The highest BCUT2D eigenvalue weighted by molar-refractivity contribution is 6.30. The molecule has 0 radical (unpaired) electrons. The highest BCUT2D eigenvalue weighted by Gasteiger charge is 2.20. The maximum absolute atomic E-state index is 11.4. The minimum absolute atomic E-state index is 0.250. The number of carbonyl (C=O) groups is 2. The number of nitrogens with zero attached hydrogens (tertiary/aromatic N) is 2. The number of amides is 1. The van der Waals surface area contributed by atoms with E-state index in [9.17, 15) is 9.90 Å². The van der Waals surface area contributed by atoms with Gasteiger partial charge in [-0.2, -0.15) is 0 Å². The molecule has 0 atom stereocenters. The van der Waals surface area contributed by atoms with Gasteiger partial charge in [-0.05, 0) is 85.9 Å². The van der Waals surface area contributed by atoms with E-state index in [1.165, 1.54) is 24.8 Å². The number of rotatable bonds is 8. The monoisotopic (exact) mass is 585 g/mol. The molecular weight excluding hydrogens is 550 g/mol. The van der Waals surface area contributed by atoms with Crippen molar-refractivity contribution in [2.24, 2.45) is 5.73 Å². The number of hydrogen-bond donors (Lipinski definition) is 2. The van der Waals surface area contributed by atoms with Crippen LogP contribution in [0.2, 0.25) is 5.02 Å². The van der Waals surface area contributed by atoms with Crippen LogP contribution < -0.4 is 10.5 Å². The van der Waals surface area contributed by atoms with E-state index in [0.717, 1.165) is 46.7 Å². The molecule has 1 aliphatic carbocycles. The molecule has 218 valence electrons. The summed E-state index contributed by atoms with van der Waals surface area (Å²) >= 11 is 6.10. The molecule has 1 aromatic heterocycles. The Labute approximate surface area is 251 Å². The molecule has 1 aliphatic rings. The molecule has 0 unspecified atom stereocenters. The molecule has 0 aliphatic heterocycles. The van der Waals surface area contributed by atoms with Crippen LogP contribution in [-0.2, 0) is 16.2 Å². The molecule has 0 saturated heterocycles. The van der Waals surface area contributed by atoms with E-state index < -0.39 is 5.97 Å². The lowest BCUT2D eigenvalue weighted by molar-refractivity contribution is -0.132. The van der Waals surface area contributed by atoms with Crippen LogP contribution in [0, 0.1) is 6.92 Å². The lowest BCUT2D eigenvalue weighted by atomic mass is 9.95.